The summed E-state index contributed by atoms with van der Waals surface area (Å²) < 4.78 is 7.63. The maximum atomic E-state index is 13.0. The van der Waals surface area contributed by atoms with E-state index in [-0.39, 0.29) is 24.0 Å². The van der Waals surface area contributed by atoms with Crippen LogP contribution in [0, 0.1) is 5.92 Å². The highest BCUT2D eigenvalue weighted by Gasteiger charge is 2.29. The summed E-state index contributed by atoms with van der Waals surface area (Å²) in [7, 11) is 0. The molecule has 0 bridgehead atoms. The lowest BCUT2D eigenvalue weighted by molar-refractivity contribution is -0.0941. The topological polar surface area (TPSA) is 118 Å². The molecule has 9 heteroatoms. The van der Waals surface area contributed by atoms with E-state index in [1.165, 1.54) is 0 Å². The molecule has 3 aromatic rings. The van der Waals surface area contributed by atoms with Crippen molar-refractivity contribution >= 4 is 16.9 Å². The lowest BCUT2D eigenvalue weighted by Gasteiger charge is -2.33. The number of rotatable bonds is 7. The molecule has 1 atom stereocenters. The van der Waals surface area contributed by atoms with Crippen LogP contribution in [0.2, 0.25) is 0 Å². The van der Waals surface area contributed by atoms with Gasteiger partial charge in [0.25, 0.3) is 5.91 Å². The predicted octanol–water partition coefficient (Wildman–Crippen LogP) is 2.61. The van der Waals surface area contributed by atoms with E-state index in [9.17, 15) is 9.90 Å². The fourth-order valence-electron chi connectivity index (χ4n) is 3.67. The van der Waals surface area contributed by atoms with Gasteiger partial charge in [-0.05, 0) is 44.6 Å². The Kier molecular flexibility index (Phi) is 6.06. The number of nitrogens with one attached hydrogen (secondary N) is 2. The number of fused-ring (bicyclic) bond motifs is 1. The third-order valence-electron chi connectivity index (χ3n) is 6.21. The molecule has 0 spiro atoms. The number of H-pyrrole nitrogens is 1. The second-order valence-corrected chi connectivity index (χ2v) is 8.85. The Morgan fingerprint density at radius 1 is 1.35 bits per heavy atom. The van der Waals surface area contributed by atoms with Crippen molar-refractivity contribution in [2.24, 2.45) is 5.92 Å². The normalized spacial score (nSPS) is 21.3. The van der Waals surface area contributed by atoms with Gasteiger partial charge < -0.3 is 20.1 Å². The summed E-state index contributed by atoms with van der Waals surface area (Å²) >= 11 is 0. The number of hydrogen-bond acceptors (Lipinski definition) is 6. The van der Waals surface area contributed by atoms with E-state index >= 15 is 0 Å². The first-order valence-electron chi connectivity index (χ1n) is 10.8. The summed E-state index contributed by atoms with van der Waals surface area (Å²) in [5, 5.41) is 13.5. The van der Waals surface area contributed by atoms with Crippen molar-refractivity contribution in [1.29, 1.82) is 0 Å². The number of carbonyl (C=O) groups excluding carboxylic acids is 1. The monoisotopic (exact) mass is 426 g/mol. The van der Waals surface area contributed by atoms with Crippen molar-refractivity contribution < 1.29 is 14.6 Å². The van der Waals surface area contributed by atoms with Gasteiger partial charge in [0.05, 0.1) is 29.3 Å². The minimum absolute atomic E-state index is 0.0645. The van der Waals surface area contributed by atoms with Crippen LogP contribution >= 0.6 is 0 Å². The fraction of sp³-hybridized carbons (Fsp3) is 0.545. The molecule has 0 radical (unpaired) electrons. The summed E-state index contributed by atoms with van der Waals surface area (Å²) in [4.78, 5) is 29.1. The highest BCUT2D eigenvalue weighted by atomic mass is 16.5. The van der Waals surface area contributed by atoms with Crippen LogP contribution in [0.1, 0.15) is 56.9 Å². The van der Waals surface area contributed by atoms with E-state index < -0.39 is 5.60 Å². The average molecular weight is 427 g/mol. The number of imidazole rings is 1. The van der Waals surface area contributed by atoms with Crippen molar-refractivity contribution in [3.63, 3.8) is 0 Å². The average Bonchev–Trinajstić information content (AvgIpc) is 3.44. The Balaban J connectivity index is 1.39. The molecule has 0 aliphatic heterocycles. The second kappa shape index (κ2) is 8.76. The van der Waals surface area contributed by atoms with E-state index in [4.69, 9.17) is 4.74 Å². The molecular weight excluding hydrogens is 396 g/mol. The largest absolute Gasteiger partial charge is 0.388 e. The maximum absolute atomic E-state index is 13.0. The molecule has 1 fully saturated rings. The molecule has 0 unspecified atom stereocenters. The highest BCUT2D eigenvalue weighted by Crippen LogP contribution is 2.25. The third kappa shape index (κ3) is 4.77. The van der Waals surface area contributed by atoms with Crippen LogP contribution in [0.3, 0.4) is 0 Å². The molecule has 0 saturated heterocycles. The van der Waals surface area contributed by atoms with Crippen molar-refractivity contribution in [2.45, 2.75) is 64.2 Å². The lowest BCUT2D eigenvalue weighted by Crippen LogP contribution is -2.42. The highest BCUT2D eigenvalue weighted by molar-refractivity contribution is 6.03. The zero-order valence-corrected chi connectivity index (χ0v) is 18.2. The molecule has 31 heavy (non-hydrogen) atoms. The van der Waals surface area contributed by atoms with Crippen LogP contribution in [-0.4, -0.2) is 59.9 Å². The van der Waals surface area contributed by atoms with Gasteiger partial charge in [0, 0.05) is 24.6 Å². The molecule has 166 valence electrons. The molecule has 1 aliphatic rings. The number of carbonyl (C=O) groups is 1. The van der Waals surface area contributed by atoms with Crippen LogP contribution in [0.4, 0.5) is 0 Å². The number of hydrogen-bond donors (Lipinski definition) is 3. The van der Waals surface area contributed by atoms with Gasteiger partial charge in [-0.25, -0.2) is 15.0 Å². The van der Waals surface area contributed by atoms with E-state index in [0.717, 1.165) is 25.7 Å². The maximum Gasteiger partial charge on any atom is 0.272 e. The van der Waals surface area contributed by atoms with Crippen LogP contribution in [0.5, 0.6) is 0 Å². The number of ether oxygens (including phenoxy) is 1. The zero-order valence-electron chi connectivity index (χ0n) is 18.2. The number of nitrogens with zero attached hydrogens (tertiary/aromatic N) is 4. The van der Waals surface area contributed by atoms with Crippen molar-refractivity contribution in [3.8, 4) is 5.95 Å². The molecule has 3 N–H and O–H groups in total. The molecular formula is C22H30N6O3. The Hall–Kier alpha value is -2.78. The summed E-state index contributed by atoms with van der Waals surface area (Å²) in [6, 6.07) is 1.89. The van der Waals surface area contributed by atoms with Gasteiger partial charge in [-0.3, -0.25) is 9.36 Å². The molecule has 3 heterocycles. The molecule has 0 aromatic carbocycles. The summed E-state index contributed by atoms with van der Waals surface area (Å²) in [5.74, 6) is 0.320. The van der Waals surface area contributed by atoms with Gasteiger partial charge in [0.1, 0.15) is 6.33 Å². The third-order valence-corrected chi connectivity index (χ3v) is 6.21. The summed E-state index contributed by atoms with van der Waals surface area (Å²) in [6.07, 6.45) is 10.2. The summed E-state index contributed by atoms with van der Waals surface area (Å²) in [5.41, 5.74) is 0.796. The minimum Gasteiger partial charge on any atom is -0.388 e. The Morgan fingerprint density at radius 3 is 2.81 bits per heavy atom. The first-order chi connectivity index (χ1) is 14.8. The van der Waals surface area contributed by atoms with Crippen molar-refractivity contribution in [2.75, 3.05) is 6.61 Å². The van der Waals surface area contributed by atoms with E-state index in [2.05, 4.69) is 25.3 Å². The quantitative estimate of drug-likeness (QED) is 0.534. The first-order valence-corrected chi connectivity index (χ1v) is 10.8. The van der Waals surface area contributed by atoms with Crippen LogP contribution < -0.4 is 5.32 Å². The number of aliphatic hydroxyl groups is 1. The Bertz CT molecular complexity index is 1020. The number of aromatic nitrogens is 5. The van der Waals surface area contributed by atoms with Crippen molar-refractivity contribution in [1.82, 2.24) is 29.8 Å². The predicted molar refractivity (Wildman–Crippen MR) is 116 cm³/mol. The van der Waals surface area contributed by atoms with Crippen LogP contribution in [0.25, 0.3) is 17.0 Å². The second-order valence-electron chi connectivity index (χ2n) is 8.85. The van der Waals surface area contributed by atoms with Gasteiger partial charge in [0.15, 0.2) is 5.69 Å². The van der Waals surface area contributed by atoms with E-state index in [1.54, 1.807) is 29.5 Å². The smallest absolute Gasteiger partial charge is 0.272 e. The molecule has 3 aromatic heterocycles. The molecule has 4 rings (SSSR count). The molecule has 1 aliphatic carbocycles. The lowest BCUT2D eigenvalue weighted by atomic mass is 9.91. The Morgan fingerprint density at radius 2 is 2.13 bits per heavy atom. The van der Waals surface area contributed by atoms with Gasteiger partial charge >= 0.3 is 0 Å². The number of aromatic amines is 1. The Labute approximate surface area is 181 Å². The molecule has 1 amide bonds. The SMILES string of the molecule is CC(C)[C@](C)(O)COC1CCC(NC(=O)c2nc(-n3ccnc3)nc3cc[nH]c23)CC1. The standard InChI is InChI=1S/C22H30N6O3/c1-14(2)22(3,30)12-31-16-6-4-15(5-7-16)25-20(29)19-18-17(8-9-24-18)26-21(27-19)28-11-10-23-13-28/h8-11,13-16,24,30H,4-7,12H2,1-3H3,(H,25,29)/t15?,16?,22-/m1/s1. The molecule has 1 saturated carbocycles. The van der Waals surface area contributed by atoms with Crippen LogP contribution in [-0.2, 0) is 4.74 Å². The van der Waals surface area contributed by atoms with E-state index in [1.807, 2.05) is 26.8 Å². The van der Waals surface area contributed by atoms with Gasteiger partial charge in [0.2, 0.25) is 5.95 Å². The summed E-state index contributed by atoms with van der Waals surface area (Å²) in [6.45, 7) is 6.12. The van der Waals surface area contributed by atoms with Gasteiger partial charge in [-0.1, -0.05) is 13.8 Å². The first kappa shape index (κ1) is 21.5. The fourth-order valence-corrected chi connectivity index (χ4v) is 3.67. The molecule has 9 nitrogen and oxygen atoms in total. The van der Waals surface area contributed by atoms with E-state index in [0.29, 0.717) is 29.3 Å². The van der Waals surface area contributed by atoms with Crippen molar-refractivity contribution in [3.05, 3.63) is 36.7 Å². The van der Waals surface area contributed by atoms with Gasteiger partial charge in [-0.2, -0.15) is 0 Å². The number of amides is 1. The van der Waals surface area contributed by atoms with Gasteiger partial charge in [-0.15, -0.1) is 0 Å². The minimum atomic E-state index is -0.827. The zero-order chi connectivity index (χ0) is 22.0. The van der Waals surface area contributed by atoms with Crippen LogP contribution in [0.15, 0.2) is 31.0 Å².